The summed E-state index contributed by atoms with van der Waals surface area (Å²) < 4.78 is 5.05. The Morgan fingerprint density at radius 2 is 1.63 bits per heavy atom. The third-order valence-electron chi connectivity index (χ3n) is 14.4. The van der Waals surface area contributed by atoms with E-state index in [4.69, 9.17) is 4.74 Å². The Morgan fingerprint density at radius 3 is 2.27 bits per heavy atom. The second kappa shape index (κ2) is 9.32. The molecule has 0 heterocycles. The maximum Gasteiger partial charge on any atom is 0.309 e. The smallest absolute Gasteiger partial charge is 0.309 e. The van der Waals surface area contributed by atoms with Crippen LogP contribution >= 0.6 is 0 Å². The van der Waals surface area contributed by atoms with Crippen LogP contribution in [0.2, 0.25) is 0 Å². The number of ether oxygens (including phenoxy) is 1. The lowest BCUT2D eigenvalue weighted by molar-refractivity contribution is -0.227. The normalized spacial score (nSPS) is 44.3. The fraction of sp³-hybridized carbons (Fsp3) is 0.676. The van der Waals surface area contributed by atoms with Gasteiger partial charge in [0.1, 0.15) is 5.75 Å². The Kier molecular flexibility index (Phi) is 6.53. The summed E-state index contributed by atoms with van der Waals surface area (Å²) in [6.45, 7) is 19.7. The highest BCUT2D eigenvalue weighted by atomic mass is 16.5. The largest absolute Gasteiger partial charge is 0.481 e. The maximum absolute atomic E-state index is 12.9. The first-order valence-corrected chi connectivity index (χ1v) is 16.1. The zero-order valence-electron chi connectivity index (χ0n) is 26.1. The predicted octanol–water partition coefficient (Wildman–Crippen LogP) is 8.96. The Labute approximate surface area is 247 Å². The van der Waals surface area contributed by atoms with Crippen LogP contribution in [-0.2, 0) is 9.59 Å². The number of aliphatic carboxylic acids is 1. The van der Waals surface area contributed by atoms with E-state index in [0.29, 0.717) is 35.9 Å². The van der Waals surface area contributed by atoms with Crippen molar-refractivity contribution in [3.05, 3.63) is 48.1 Å². The topological polar surface area (TPSA) is 63.6 Å². The van der Waals surface area contributed by atoms with Crippen molar-refractivity contribution < 1.29 is 19.4 Å². The quantitative estimate of drug-likeness (QED) is 0.289. The van der Waals surface area contributed by atoms with Crippen LogP contribution in [0.3, 0.4) is 0 Å². The molecule has 0 radical (unpaired) electrons. The lowest BCUT2D eigenvalue weighted by Gasteiger charge is -2.72. The van der Waals surface area contributed by atoms with Crippen LogP contribution in [0.15, 0.2) is 42.5 Å². The van der Waals surface area contributed by atoms with Crippen LogP contribution in [0.5, 0.6) is 5.75 Å². The average molecular weight is 559 g/mol. The summed E-state index contributed by atoms with van der Waals surface area (Å²) in [5.74, 6) is 2.25. The van der Waals surface area contributed by atoms with Gasteiger partial charge in [0.15, 0.2) is 0 Å². The van der Waals surface area contributed by atoms with E-state index in [1.807, 2.05) is 12.1 Å². The molecule has 222 valence electrons. The lowest BCUT2D eigenvalue weighted by Crippen LogP contribution is -2.65. The van der Waals surface area contributed by atoms with E-state index in [-0.39, 0.29) is 27.6 Å². The molecule has 4 nitrogen and oxygen atoms in total. The number of hydrogen-bond donors (Lipinski definition) is 1. The summed E-state index contributed by atoms with van der Waals surface area (Å²) in [6.07, 6.45) is 12.1. The van der Waals surface area contributed by atoms with E-state index in [1.165, 1.54) is 36.0 Å². The summed E-state index contributed by atoms with van der Waals surface area (Å²) in [6, 6.07) is 8.00. The molecule has 0 bridgehead atoms. The minimum Gasteiger partial charge on any atom is -0.481 e. The van der Waals surface area contributed by atoms with E-state index >= 15 is 0 Å². The number of allylic oxidation sites excluding steroid dienone is 3. The highest BCUT2D eigenvalue weighted by Crippen LogP contribution is 2.77. The van der Waals surface area contributed by atoms with Crippen molar-refractivity contribution in [2.45, 2.75) is 99.3 Å². The highest BCUT2D eigenvalue weighted by molar-refractivity contribution is 5.76. The zero-order chi connectivity index (χ0) is 29.6. The molecule has 6 rings (SSSR count). The van der Waals surface area contributed by atoms with Crippen LogP contribution in [-0.4, -0.2) is 17.5 Å². The summed E-state index contributed by atoms with van der Waals surface area (Å²) in [7, 11) is 0. The van der Waals surface area contributed by atoms with Crippen LogP contribution < -0.4 is 4.74 Å². The number of carboxylic acids is 1. The molecular weight excluding hydrogens is 508 g/mol. The van der Waals surface area contributed by atoms with Gasteiger partial charge in [-0.05, 0) is 139 Å². The van der Waals surface area contributed by atoms with Gasteiger partial charge in [0.2, 0.25) is 0 Å². The molecule has 1 N–H and O–H groups in total. The SMILES string of the molecule is C=C(C)[C@@H]1CC[C@]2(C(=O)O)CC[C@]3(C)[C@H](CC[C@@H]4[C@@]5(C)CC=C(c6ccc(OC=O)cc6)C(C)(C)[C@@H]5CC[C@]43C)[C@@H]12. The van der Waals surface area contributed by atoms with Crippen molar-refractivity contribution in [1.82, 2.24) is 0 Å². The van der Waals surface area contributed by atoms with Crippen molar-refractivity contribution in [3.8, 4) is 5.75 Å². The maximum atomic E-state index is 12.9. The third kappa shape index (κ3) is 3.70. The van der Waals surface area contributed by atoms with Gasteiger partial charge in [-0.3, -0.25) is 9.59 Å². The van der Waals surface area contributed by atoms with E-state index in [9.17, 15) is 14.7 Å². The molecule has 41 heavy (non-hydrogen) atoms. The van der Waals surface area contributed by atoms with Gasteiger partial charge in [-0.2, -0.15) is 0 Å². The van der Waals surface area contributed by atoms with Crippen LogP contribution in [0.1, 0.15) is 105 Å². The Morgan fingerprint density at radius 1 is 0.927 bits per heavy atom. The highest BCUT2D eigenvalue weighted by Gasteiger charge is 2.71. The molecule has 0 unspecified atom stereocenters. The molecule has 4 saturated carbocycles. The molecule has 0 spiro atoms. The molecule has 0 saturated heterocycles. The summed E-state index contributed by atoms with van der Waals surface area (Å²) >= 11 is 0. The van der Waals surface area contributed by atoms with Gasteiger partial charge in [-0.15, -0.1) is 0 Å². The number of rotatable bonds is 5. The van der Waals surface area contributed by atoms with Gasteiger partial charge in [-0.1, -0.05) is 65.0 Å². The van der Waals surface area contributed by atoms with Crippen molar-refractivity contribution >= 4 is 18.0 Å². The number of carbonyl (C=O) groups excluding carboxylic acids is 1. The first-order valence-electron chi connectivity index (χ1n) is 16.1. The number of benzene rings is 1. The van der Waals surface area contributed by atoms with Crippen molar-refractivity contribution in [2.24, 2.45) is 56.7 Å². The monoisotopic (exact) mass is 558 g/mol. The first-order chi connectivity index (χ1) is 19.3. The molecule has 0 amide bonds. The number of hydrogen-bond acceptors (Lipinski definition) is 3. The van der Waals surface area contributed by atoms with Crippen molar-refractivity contribution in [3.63, 3.8) is 0 Å². The lowest BCUT2D eigenvalue weighted by atomic mass is 9.32. The van der Waals surface area contributed by atoms with E-state index < -0.39 is 11.4 Å². The standard InChI is InChI=1S/C37H50O4/c1-23(2)26-14-19-37(32(39)40)21-20-35(6)28(31(26)37)12-13-30-34(5)17-15-27(24-8-10-25(11-9-24)41-22-38)33(3,4)29(34)16-18-36(30,35)7/h8-11,15,22,26,28-31H,1,12-14,16-21H2,2-7H3,(H,39,40)/t26-,28+,29-,30+,31+,34-,35+,36+,37-/m0/s1. The first kappa shape index (κ1) is 28.7. The summed E-state index contributed by atoms with van der Waals surface area (Å²) in [5, 5.41) is 10.6. The Bertz CT molecular complexity index is 1290. The second-order valence-corrected chi connectivity index (χ2v) is 15.9. The van der Waals surface area contributed by atoms with E-state index in [2.05, 4.69) is 66.3 Å². The number of fused-ring (bicyclic) bond motifs is 7. The molecule has 5 aliphatic carbocycles. The van der Waals surface area contributed by atoms with Crippen LogP contribution in [0.4, 0.5) is 0 Å². The fourth-order valence-corrected chi connectivity index (χ4v) is 12.4. The summed E-state index contributed by atoms with van der Waals surface area (Å²) in [5.41, 5.74) is 3.86. The van der Waals surface area contributed by atoms with Gasteiger partial charge in [0.05, 0.1) is 5.41 Å². The molecule has 1 aromatic carbocycles. The Balaban J connectivity index is 1.36. The minimum absolute atomic E-state index is 0.0284. The predicted molar refractivity (Wildman–Crippen MR) is 163 cm³/mol. The fourth-order valence-electron chi connectivity index (χ4n) is 12.4. The van der Waals surface area contributed by atoms with Crippen LogP contribution in [0, 0.1) is 56.7 Å². The molecule has 4 fully saturated rings. The zero-order valence-corrected chi connectivity index (χ0v) is 26.1. The molecule has 1 aromatic rings. The number of carboxylic acid groups (broad SMARTS) is 1. The van der Waals surface area contributed by atoms with Crippen molar-refractivity contribution in [1.29, 1.82) is 0 Å². The van der Waals surface area contributed by atoms with Crippen LogP contribution in [0.25, 0.3) is 5.57 Å². The molecule has 5 aliphatic rings. The van der Waals surface area contributed by atoms with Gasteiger partial charge in [0, 0.05) is 0 Å². The van der Waals surface area contributed by atoms with Gasteiger partial charge in [-0.25, -0.2) is 0 Å². The average Bonchev–Trinajstić information content (AvgIpc) is 3.31. The second-order valence-electron chi connectivity index (χ2n) is 15.9. The molecule has 9 atom stereocenters. The molecule has 0 aromatic heterocycles. The molecule has 0 aliphatic heterocycles. The van der Waals surface area contributed by atoms with E-state index in [1.54, 1.807) is 0 Å². The molecular formula is C37H50O4. The third-order valence-corrected chi connectivity index (χ3v) is 14.4. The van der Waals surface area contributed by atoms with E-state index in [0.717, 1.165) is 38.5 Å². The Hall–Kier alpha value is -2.36. The van der Waals surface area contributed by atoms with Gasteiger partial charge < -0.3 is 9.84 Å². The van der Waals surface area contributed by atoms with Crippen molar-refractivity contribution in [2.75, 3.05) is 0 Å². The summed E-state index contributed by atoms with van der Waals surface area (Å²) in [4.78, 5) is 23.7. The van der Waals surface area contributed by atoms with Gasteiger partial charge in [0.25, 0.3) is 6.47 Å². The minimum atomic E-state index is -0.561. The van der Waals surface area contributed by atoms with Gasteiger partial charge >= 0.3 is 5.97 Å². The molecule has 4 heteroatoms. The number of carbonyl (C=O) groups is 2.